The number of likely N-dealkylation sites (N-methyl/N-ethyl adjacent to an activating group) is 1. The van der Waals surface area contributed by atoms with Crippen LogP contribution in [-0.2, 0) is 11.3 Å². The molecule has 0 aromatic carbocycles. The maximum absolute atomic E-state index is 12.6. The lowest BCUT2D eigenvalue weighted by Crippen LogP contribution is -2.41. The lowest BCUT2D eigenvalue weighted by Gasteiger charge is -2.35. The van der Waals surface area contributed by atoms with Crippen LogP contribution in [0.15, 0.2) is 10.6 Å². The van der Waals surface area contributed by atoms with E-state index >= 15 is 0 Å². The fourth-order valence-electron chi connectivity index (χ4n) is 4.38. The molecule has 2 aliphatic heterocycles. The summed E-state index contributed by atoms with van der Waals surface area (Å²) in [6, 6.07) is 2.22. The Hall–Kier alpha value is -2.25. The second-order valence-electron chi connectivity index (χ2n) is 9.20. The molecule has 3 heterocycles. The molecule has 1 saturated carbocycles. The van der Waals surface area contributed by atoms with E-state index in [0.717, 1.165) is 18.7 Å². The third-order valence-electron chi connectivity index (χ3n) is 5.98. The molecule has 1 aliphatic carbocycles. The molecule has 0 radical (unpaired) electrons. The van der Waals surface area contributed by atoms with E-state index in [0.29, 0.717) is 11.8 Å². The van der Waals surface area contributed by atoms with Gasteiger partial charge in [0.1, 0.15) is 11.3 Å². The van der Waals surface area contributed by atoms with E-state index in [-0.39, 0.29) is 24.0 Å². The fraction of sp³-hybridized carbons (Fsp3) is 0.737. The maximum Gasteiger partial charge on any atom is 0.410 e. The van der Waals surface area contributed by atoms with E-state index in [1.807, 2.05) is 43.7 Å². The third-order valence-corrected chi connectivity index (χ3v) is 5.98. The summed E-state index contributed by atoms with van der Waals surface area (Å²) in [5, 5.41) is 4.23. The molecule has 1 aromatic rings. The van der Waals surface area contributed by atoms with Crippen LogP contribution in [0.3, 0.4) is 0 Å². The Kier molecular flexibility index (Phi) is 3.94. The van der Waals surface area contributed by atoms with Crippen molar-refractivity contribution in [2.24, 2.45) is 5.41 Å². The van der Waals surface area contributed by atoms with E-state index in [9.17, 15) is 9.59 Å². The van der Waals surface area contributed by atoms with E-state index in [4.69, 9.17) is 9.26 Å². The van der Waals surface area contributed by atoms with Crippen molar-refractivity contribution < 1.29 is 18.8 Å². The molecule has 148 valence electrons. The molecule has 2 bridgehead atoms. The van der Waals surface area contributed by atoms with Gasteiger partial charge in [-0.1, -0.05) is 5.16 Å². The van der Waals surface area contributed by atoms with Gasteiger partial charge in [-0.2, -0.15) is 0 Å². The average molecular weight is 376 g/mol. The smallest absolute Gasteiger partial charge is 0.410 e. The zero-order chi connectivity index (χ0) is 19.6. The Labute approximate surface area is 159 Å². The molecular weight excluding hydrogens is 348 g/mol. The Morgan fingerprint density at radius 2 is 2.15 bits per heavy atom. The minimum absolute atomic E-state index is 0.0504. The molecule has 0 N–H and O–H groups in total. The van der Waals surface area contributed by atoms with Gasteiger partial charge in [0, 0.05) is 26.7 Å². The molecule has 8 heteroatoms. The van der Waals surface area contributed by atoms with Crippen molar-refractivity contribution >= 4 is 12.1 Å². The minimum atomic E-state index is -0.544. The number of carbonyl (C=O) groups is 2. The molecular formula is C19H28N4O4. The summed E-state index contributed by atoms with van der Waals surface area (Å²) >= 11 is 0. The molecule has 8 nitrogen and oxygen atoms in total. The predicted molar refractivity (Wildman–Crippen MR) is 96.9 cm³/mol. The van der Waals surface area contributed by atoms with Gasteiger partial charge in [-0.15, -0.1) is 0 Å². The van der Waals surface area contributed by atoms with Crippen LogP contribution in [0.4, 0.5) is 9.59 Å². The standard InChI is InChI=1S/C19H28N4O4/c1-18(2,3)26-17(25)21(4)10-12-8-13(20-27-12)14-9-19(6-7-19)15-11-23(14)16(24)22(15)5/h8,14-15H,6-7,9-11H2,1-5H3/t14-,15-/m0/s1. The fourth-order valence-corrected chi connectivity index (χ4v) is 4.38. The lowest BCUT2D eigenvalue weighted by atomic mass is 9.84. The molecule has 3 aliphatic rings. The highest BCUT2D eigenvalue weighted by Crippen LogP contribution is 2.61. The number of carbonyl (C=O) groups excluding carboxylic acids is 2. The summed E-state index contributed by atoms with van der Waals surface area (Å²) in [5.41, 5.74) is 0.474. The largest absolute Gasteiger partial charge is 0.444 e. The van der Waals surface area contributed by atoms with E-state index in [2.05, 4.69) is 5.16 Å². The van der Waals surface area contributed by atoms with Crippen molar-refractivity contribution in [1.29, 1.82) is 0 Å². The second kappa shape index (κ2) is 5.87. The molecule has 2 atom stereocenters. The lowest BCUT2D eigenvalue weighted by molar-refractivity contribution is 0.0271. The summed E-state index contributed by atoms with van der Waals surface area (Å²) in [6.45, 7) is 6.54. The number of hydrogen-bond donors (Lipinski definition) is 0. The van der Waals surface area contributed by atoms with Gasteiger partial charge in [0.15, 0.2) is 5.76 Å². The number of piperidine rings is 1. The van der Waals surface area contributed by atoms with Crippen LogP contribution in [0.25, 0.3) is 0 Å². The molecule has 0 unspecified atom stereocenters. The van der Waals surface area contributed by atoms with Crippen LogP contribution in [-0.4, -0.2) is 64.3 Å². The number of rotatable bonds is 3. The first-order chi connectivity index (χ1) is 12.6. The Morgan fingerprint density at radius 3 is 2.78 bits per heavy atom. The molecule has 27 heavy (non-hydrogen) atoms. The van der Waals surface area contributed by atoms with Crippen molar-refractivity contribution in [2.75, 3.05) is 20.6 Å². The van der Waals surface area contributed by atoms with Gasteiger partial charge in [0.25, 0.3) is 0 Å². The highest BCUT2D eigenvalue weighted by molar-refractivity contribution is 5.78. The molecule has 1 aromatic heterocycles. The Bertz CT molecular complexity index is 764. The summed E-state index contributed by atoms with van der Waals surface area (Å²) in [7, 11) is 3.57. The van der Waals surface area contributed by atoms with Gasteiger partial charge < -0.3 is 24.0 Å². The number of aromatic nitrogens is 1. The van der Waals surface area contributed by atoms with Crippen LogP contribution in [0, 0.1) is 5.41 Å². The third kappa shape index (κ3) is 3.15. The highest BCUT2D eigenvalue weighted by atomic mass is 16.6. The van der Waals surface area contributed by atoms with E-state index < -0.39 is 11.7 Å². The van der Waals surface area contributed by atoms with Gasteiger partial charge >= 0.3 is 12.1 Å². The van der Waals surface area contributed by atoms with Crippen LogP contribution >= 0.6 is 0 Å². The number of ether oxygens (including phenoxy) is 1. The van der Waals surface area contributed by atoms with Crippen molar-refractivity contribution in [3.05, 3.63) is 17.5 Å². The van der Waals surface area contributed by atoms with Crippen molar-refractivity contribution in [2.45, 2.75) is 64.3 Å². The Balaban J connectivity index is 1.47. The van der Waals surface area contributed by atoms with Crippen molar-refractivity contribution in [3.8, 4) is 0 Å². The maximum atomic E-state index is 12.6. The average Bonchev–Trinajstić information content (AvgIpc) is 3.09. The summed E-state index contributed by atoms with van der Waals surface area (Å²) in [6.07, 6.45) is 2.87. The zero-order valence-electron chi connectivity index (χ0n) is 16.7. The van der Waals surface area contributed by atoms with Crippen LogP contribution < -0.4 is 0 Å². The molecule has 4 rings (SSSR count). The molecule has 3 amide bonds. The van der Waals surface area contributed by atoms with Crippen LogP contribution in [0.5, 0.6) is 0 Å². The summed E-state index contributed by atoms with van der Waals surface area (Å²) in [4.78, 5) is 30.0. The molecule has 3 fully saturated rings. The van der Waals surface area contributed by atoms with Gasteiger partial charge in [0.05, 0.1) is 18.6 Å². The first kappa shape index (κ1) is 18.1. The minimum Gasteiger partial charge on any atom is -0.444 e. The summed E-state index contributed by atoms with van der Waals surface area (Å²) < 4.78 is 10.8. The van der Waals surface area contributed by atoms with Gasteiger partial charge in [-0.05, 0) is 45.4 Å². The number of hydrogen-bond acceptors (Lipinski definition) is 5. The topological polar surface area (TPSA) is 79.1 Å². The quantitative estimate of drug-likeness (QED) is 0.810. The number of fused-ring (bicyclic) bond motifs is 3. The number of nitrogens with zero attached hydrogens (tertiary/aromatic N) is 4. The van der Waals surface area contributed by atoms with E-state index in [1.165, 1.54) is 17.7 Å². The monoisotopic (exact) mass is 376 g/mol. The Morgan fingerprint density at radius 1 is 1.44 bits per heavy atom. The molecule has 1 spiro atoms. The normalized spacial score (nSPS) is 25.9. The van der Waals surface area contributed by atoms with Crippen LogP contribution in [0.2, 0.25) is 0 Å². The van der Waals surface area contributed by atoms with Crippen molar-refractivity contribution in [3.63, 3.8) is 0 Å². The van der Waals surface area contributed by atoms with Gasteiger partial charge in [-0.25, -0.2) is 9.59 Å². The zero-order valence-corrected chi connectivity index (χ0v) is 16.7. The summed E-state index contributed by atoms with van der Waals surface area (Å²) in [5.74, 6) is 0.588. The van der Waals surface area contributed by atoms with Crippen LogP contribution in [0.1, 0.15) is 57.5 Å². The SMILES string of the molecule is CN(Cc1cc([C@@H]2CC3(CC3)[C@@H]3CN2C(=O)N3C)no1)C(=O)OC(C)(C)C. The van der Waals surface area contributed by atoms with E-state index in [1.54, 1.807) is 7.05 Å². The second-order valence-corrected chi connectivity index (χ2v) is 9.20. The first-order valence-corrected chi connectivity index (χ1v) is 9.53. The van der Waals surface area contributed by atoms with Crippen molar-refractivity contribution in [1.82, 2.24) is 19.9 Å². The molecule has 2 saturated heterocycles. The van der Waals surface area contributed by atoms with Gasteiger partial charge in [0.2, 0.25) is 0 Å². The number of amides is 3. The highest BCUT2D eigenvalue weighted by Gasteiger charge is 2.62. The first-order valence-electron chi connectivity index (χ1n) is 9.53. The van der Waals surface area contributed by atoms with Gasteiger partial charge in [-0.3, -0.25) is 0 Å². The predicted octanol–water partition coefficient (Wildman–Crippen LogP) is 3.00. The number of urea groups is 1.